The van der Waals surface area contributed by atoms with Crippen LogP contribution in [0.5, 0.6) is 0 Å². The van der Waals surface area contributed by atoms with Gasteiger partial charge in [0.1, 0.15) is 11.5 Å². The van der Waals surface area contributed by atoms with Crippen LogP contribution in [0.3, 0.4) is 0 Å². The van der Waals surface area contributed by atoms with Crippen molar-refractivity contribution in [1.82, 2.24) is 10.6 Å². The Morgan fingerprint density at radius 1 is 1.22 bits per heavy atom. The molecule has 118 valence electrons. The summed E-state index contributed by atoms with van der Waals surface area (Å²) in [7, 11) is 0. The summed E-state index contributed by atoms with van der Waals surface area (Å²) < 4.78 is 17.9. The third-order valence-corrected chi connectivity index (χ3v) is 2.83. The van der Waals surface area contributed by atoms with E-state index in [1.54, 1.807) is 6.07 Å². The van der Waals surface area contributed by atoms with Gasteiger partial charge in [-0.2, -0.15) is 0 Å². The van der Waals surface area contributed by atoms with Crippen molar-refractivity contribution < 1.29 is 18.4 Å². The van der Waals surface area contributed by atoms with E-state index < -0.39 is 11.8 Å². The summed E-state index contributed by atoms with van der Waals surface area (Å²) in [5, 5.41) is 5.05. The molecule has 0 atom stereocenters. The van der Waals surface area contributed by atoms with Gasteiger partial charge in [0.25, 0.3) is 11.8 Å². The molecule has 2 N–H and O–H groups in total. The fourth-order valence-corrected chi connectivity index (χ4v) is 1.74. The van der Waals surface area contributed by atoms with Gasteiger partial charge >= 0.3 is 0 Å². The van der Waals surface area contributed by atoms with Crippen LogP contribution in [0.4, 0.5) is 4.39 Å². The van der Waals surface area contributed by atoms with Crippen LogP contribution in [0.25, 0.3) is 6.08 Å². The molecule has 0 saturated heterocycles. The van der Waals surface area contributed by atoms with Gasteiger partial charge in [-0.1, -0.05) is 18.2 Å². The van der Waals surface area contributed by atoms with Gasteiger partial charge in [0, 0.05) is 6.54 Å². The molecule has 0 spiro atoms. The third-order valence-electron chi connectivity index (χ3n) is 2.83. The second-order valence-electron chi connectivity index (χ2n) is 4.54. The van der Waals surface area contributed by atoms with Gasteiger partial charge in [-0.3, -0.25) is 9.59 Å². The molecular weight excluding hydrogens is 299 g/mol. The maximum Gasteiger partial charge on any atom is 0.291 e. The summed E-state index contributed by atoms with van der Waals surface area (Å²) in [6, 6.07) is 8.56. The molecule has 1 aromatic heterocycles. The predicted octanol–water partition coefficient (Wildman–Crippen LogP) is 2.49. The number of amides is 2. The van der Waals surface area contributed by atoms with Crippen LogP contribution in [-0.4, -0.2) is 18.4 Å². The average molecular weight is 314 g/mol. The number of carbonyl (C=O) groups is 2. The van der Waals surface area contributed by atoms with Crippen molar-refractivity contribution in [3.8, 4) is 0 Å². The van der Waals surface area contributed by atoms with Gasteiger partial charge in [-0.25, -0.2) is 4.39 Å². The molecule has 1 aromatic carbocycles. The quantitative estimate of drug-likeness (QED) is 0.635. The van der Waals surface area contributed by atoms with E-state index in [1.165, 1.54) is 48.7 Å². The van der Waals surface area contributed by atoms with E-state index in [-0.39, 0.29) is 23.8 Å². The van der Waals surface area contributed by atoms with Crippen molar-refractivity contribution in [2.24, 2.45) is 0 Å². The van der Waals surface area contributed by atoms with Gasteiger partial charge in [-0.15, -0.1) is 6.58 Å². The molecule has 0 saturated carbocycles. The molecule has 1 heterocycles. The fourth-order valence-electron chi connectivity index (χ4n) is 1.74. The Hall–Kier alpha value is -3.15. The zero-order valence-corrected chi connectivity index (χ0v) is 12.2. The Morgan fingerprint density at radius 2 is 1.96 bits per heavy atom. The van der Waals surface area contributed by atoms with Gasteiger partial charge in [0.15, 0.2) is 5.76 Å². The Bertz CT molecular complexity index is 719. The predicted molar refractivity (Wildman–Crippen MR) is 83.8 cm³/mol. The van der Waals surface area contributed by atoms with E-state index in [0.29, 0.717) is 5.56 Å². The van der Waals surface area contributed by atoms with Crippen molar-refractivity contribution in [3.63, 3.8) is 0 Å². The number of halogens is 1. The number of hydrogen-bond acceptors (Lipinski definition) is 3. The van der Waals surface area contributed by atoms with Gasteiger partial charge in [0.05, 0.1) is 6.26 Å². The Kier molecular flexibility index (Phi) is 5.46. The highest BCUT2D eigenvalue weighted by Gasteiger charge is 2.15. The van der Waals surface area contributed by atoms with E-state index in [0.717, 1.165) is 0 Å². The monoisotopic (exact) mass is 314 g/mol. The molecule has 2 rings (SSSR count). The maximum absolute atomic E-state index is 13.0. The summed E-state index contributed by atoms with van der Waals surface area (Å²) >= 11 is 0. The largest absolute Gasteiger partial charge is 0.459 e. The summed E-state index contributed by atoms with van der Waals surface area (Å²) in [5.74, 6) is -1.36. The number of furan rings is 1. The molecule has 0 aliphatic rings. The molecule has 5 nitrogen and oxygen atoms in total. The first-order valence-electron chi connectivity index (χ1n) is 6.81. The number of carbonyl (C=O) groups excluding carboxylic acids is 2. The average Bonchev–Trinajstić information content (AvgIpc) is 3.08. The van der Waals surface area contributed by atoms with E-state index in [4.69, 9.17) is 4.42 Å². The normalized spacial score (nSPS) is 10.9. The van der Waals surface area contributed by atoms with Crippen LogP contribution < -0.4 is 10.6 Å². The zero-order chi connectivity index (χ0) is 16.7. The van der Waals surface area contributed by atoms with Crippen LogP contribution >= 0.6 is 0 Å². The van der Waals surface area contributed by atoms with Crippen LogP contribution in [0.1, 0.15) is 16.1 Å². The molecular formula is C17H15FN2O3. The summed E-state index contributed by atoms with van der Waals surface area (Å²) in [5.41, 5.74) is 0.578. The first-order valence-corrected chi connectivity index (χ1v) is 6.81. The molecule has 23 heavy (non-hydrogen) atoms. The zero-order valence-electron chi connectivity index (χ0n) is 12.2. The van der Waals surface area contributed by atoms with E-state index >= 15 is 0 Å². The van der Waals surface area contributed by atoms with Crippen LogP contribution in [0.2, 0.25) is 0 Å². The molecule has 0 radical (unpaired) electrons. The van der Waals surface area contributed by atoms with E-state index in [9.17, 15) is 14.0 Å². The minimum atomic E-state index is -0.558. The number of rotatable bonds is 6. The van der Waals surface area contributed by atoms with Crippen molar-refractivity contribution in [2.75, 3.05) is 6.54 Å². The van der Waals surface area contributed by atoms with E-state index in [1.807, 2.05) is 0 Å². The van der Waals surface area contributed by atoms with Crippen molar-refractivity contribution in [1.29, 1.82) is 0 Å². The number of benzene rings is 1. The van der Waals surface area contributed by atoms with Crippen LogP contribution in [0, 0.1) is 5.82 Å². The molecule has 2 aromatic rings. The van der Waals surface area contributed by atoms with Gasteiger partial charge in [0.2, 0.25) is 0 Å². The fraction of sp³-hybridized carbons (Fsp3) is 0.0588. The standard InChI is InChI=1S/C17H15FN2O3/c1-2-9-19-16(21)14(11-12-5-7-13(18)8-6-12)20-17(22)15-4-3-10-23-15/h2-8,10-11H,1,9H2,(H,19,21)(H,20,22)/b14-11-. The van der Waals surface area contributed by atoms with Gasteiger partial charge in [-0.05, 0) is 35.9 Å². The lowest BCUT2D eigenvalue weighted by Gasteiger charge is -2.09. The Labute approximate surface area is 132 Å². The number of hydrogen-bond donors (Lipinski definition) is 2. The lowest BCUT2D eigenvalue weighted by atomic mass is 10.2. The second kappa shape index (κ2) is 7.74. The van der Waals surface area contributed by atoms with Crippen LogP contribution in [-0.2, 0) is 4.79 Å². The molecule has 0 bridgehead atoms. The highest BCUT2D eigenvalue weighted by molar-refractivity contribution is 6.04. The molecule has 0 fully saturated rings. The van der Waals surface area contributed by atoms with Gasteiger partial charge < -0.3 is 15.1 Å². The Balaban J connectivity index is 2.23. The first-order chi connectivity index (χ1) is 11.1. The van der Waals surface area contributed by atoms with E-state index in [2.05, 4.69) is 17.2 Å². The third kappa shape index (κ3) is 4.67. The lowest BCUT2D eigenvalue weighted by molar-refractivity contribution is -0.117. The highest BCUT2D eigenvalue weighted by Crippen LogP contribution is 2.09. The SMILES string of the molecule is C=CCNC(=O)/C(=C/c1ccc(F)cc1)NC(=O)c1ccco1. The lowest BCUT2D eigenvalue weighted by Crippen LogP contribution is -2.34. The molecule has 0 unspecified atom stereocenters. The minimum Gasteiger partial charge on any atom is -0.459 e. The summed E-state index contributed by atoms with van der Waals surface area (Å²) in [6.45, 7) is 3.76. The van der Waals surface area contributed by atoms with Crippen molar-refractivity contribution in [2.45, 2.75) is 0 Å². The second-order valence-corrected chi connectivity index (χ2v) is 4.54. The number of nitrogens with one attached hydrogen (secondary N) is 2. The molecule has 6 heteroatoms. The topological polar surface area (TPSA) is 71.3 Å². The summed E-state index contributed by atoms with van der Waals surface area (Å²) in [6.07, 6.45) is 4.32. The van der Waals surface area contributed by atoms with Crippen LogP contribution in [0.15, 0.2) is 65.4 Å². The molecule has 2 amide bonds. The molecule has 0 aliphatic carbocycles. The minimum absolute atomic E-state index is 0.0138. The van der Waals surface area contributed by atoms with Crippen molar-refractivity contribution >= 4 is 17.9 Å². The maximum atomic E-state index is 13.0. The smallest absolute Gasteiger partial charge is 0.291 e. The highest BCUT2D eigenvalue weighted by atomic mass is 19.1. The summed E-state index contributed by atoms with van der Waals surface area (Å²) in [4.78, 5) is 24.2. The first kappa shape index (κ1) is 16.2. The molecule has 0 aliphatic heterocycles. The van der Waals surface area contributed by atoms with Crippen molar-refractivity contribution in [3.05, 3.63) is 78.2 Å². The Morgan fingerprint density at radius 3 is 2.57 bits per heavy atom.